The number of carbonyl (C=O) groups is 3. The van der Waals surface area contributed by atoms with Crippen molar-refractivity contribution in [2.24, 2.45) is 0 Å². The lowest BCUT2D eigenvalue weighted by atomic mass is 10.2. The van der Waals surface area contributed by atoms with Gasteiger partial charge in [0.25, 0.3) is 0 Å². The third-order valence-corrected chi connectivity index (χ3v) is 7.14. The molecule has 0 radical (unpaired) electrons. The maximum Gasteiger partial charge on any atom is 0.408 e. The van der Waals surface area contributed by atoms with E-state index in [0.717, 1.165) is 0 Å². The van der Waals surface area contributed by atoms with Gasteiger partial charge in [-0.3, -0.25) is 0 Å². The van der Waals surface area contributed by atoms with Gasteiger partial charge < -0.3 is 40.1 Å². The summed E-state index contributed by atoms with van der Waals surface area (Å²) in [6, 6.07) is -1.64. The van der Waals surface area contributed by atoms with Crippen LogP contribution in [0.3, 0.4) is 0 Å². The number of carbonyl (C=O) groups excluding carboxylic acids is 2. The molecule has 0 aliphatic heterocycles. The fourth-order valence-electron chi connectivity index (χ4n) is 1.81. The molecule has 0 unspecified atom stereocenters. The van der Waals surface area contributed by atoms with Crippen molar-refractivity contribution in [1.82, 2.24) is 10.6 Å². The maximum atomic E-state index is 11.6. The molecule has 0 spiro atoms. The predicted octanol–water partition coefficient (Wildman–Crippen LogP) is -2.67. The van der Waals surface area contributed by atoms with Crippen LogP contribution in [0.4, 0.5) is 9.59 Å². The molecule has 1 atom stereocenters. The lowest BCUT2D eigenvalue weighted by Crippen LogP contribution is -2.47. The molecule has 0 fully saturated rings. The first kappa shape index (κ1) is 28.6. The van der Waals surface area contributed by atoms with Crippen molar-refractivity contribution in [3.05, 3.63) is 0 Å². The SMILES string of the molecule is CC(C)(C)OC(=O)N[C@@H](COC(=O)NCCCC(O)([P+]([O-])(O)O)[P+]([O-])(O)O)C(=O)O. The molecule has 0 bridgehead atoms. The number of aliphatic hydroxyl groups is 1. The Morgan fingerprint density at radius 1 is 1.03 bits per heavy atom. The molecule has 30 heavy (non-hydrogen) atoms. The van der Waals surface area contributed by atoms with E-state index in [1.54, 1.807) is 20.8 Å². The van der Waals surface area contributed by atoms with Crippen LogP contribution in [0.2, 0.25) is 0 Å². The molecule has 0 heterocycles. The van der Waals surface area contributed by atoms with E-state index >= 15 is 0 Å². The predicted molar refractivity (Wildman–Crippen MR) is 97.0 cm³/mol. The Hall–Kier alpha value is -1.41. The van der Waals surface area contributed by atoms with Crippen LogP contribution in [0, 0.1) is 0 Å². The van der Waals surface area contributed by atoms with Crippen molar-refractivity contribution >= 4 is 34.0 Å². The number of carboxylic acid groups (broad SMARTS) is 1. The summed E-state index contributed by atoms with van der Waals surface area (Å²) in [7, 11) is -11.2. The minimum absolute atomic E-state index is 0.432. The minimum atomic E-state index is -5.61. The first-order valence-corrected chi connectivity index (χ1v) is 11.5. The smallest absolute Gasteiger partial charge is 0.408 e. The molecule has 8 N–H and O–H groups in total. The van der Waals surface area contributed by atoms with Crippen molar-refractivity contribution in [2.75, 3.05) is 13.2 Å². The standard InChI is InChI=1S/C13H26N2O13P2/c1-12(2,3)28-11(19)15-8(9(16)17)7-27-10(18)14-6-4-5-13(20,29(21,22)23)30(24,25)26/h8,20H,4-7H2,1-3H3,(H,14,18)(H,15,19)(H,16,17)(H2,21,22,23)(H2,24,25,26)/t8-/m0/s1. The summed E-state index contributed by atoms with van der Waals surface area (Å²) >= 11 is 0. The fraction of sp³-hybridized carbons (Fsp3) is 0.769. The monoisotopic (exact) mass is 480 g/mol. The van der Waals surface area contributed by atoms with Crippen molar-refractivity contribution in [2.45, 2.75) is 50.3 Å². The second kappa shape index (κ2) is 10.8. The van der Waals surface area contributed by atoms with Crippen LogP contribution >= 0.6 is 15.9 Å². The number of ether oxygens (including phenoxy) is 2. The number of aliphatic carboxylic acids is 1. The van der Waals surface area contributed by atoms with Gasteiger partial charge in [0.15, 0.2) is 6.04 Å². The number of hydrogen-bond donors (Lipinski definition) is 8. The largest absolute Gasteiger partial charge is 0.626 e. The number of rotatable bonds is 10. The van der Waals surface area contributed by atoms with E-state index in [2.05, 4.69) is 4.74 Å². The van der Waals surface area contributed by atoms with E-state index in [9.17, 15) is 29.3 Å². The van der Waals surface area contributed by atoms with Gasteiger partial charge in [-0.2, -0.15) is 0 Å². The van der Waals surface area contributed by atoms with E-state index in [4.69, 9.17) is 29.4 Å². The summed E-state index contributed by atoms with van der Waals surface area (Å²) < 4.78 is 9.46. The Labute approximate surface area is 172 Å². The Balaban J connectivity index is 4.56. The third-order valence-electron chi connectivity index (χ3n) is 3.26. The third kappa shape index (κ3) is 9.60. The summed E-state index contributed by atoms with van der Waals surface area (Å²) in [4.78, 5) is 92.5. The molecule has 15 nitrogen and oxygen atoms in total. The topological polar surface area (TPSA) is 261 Å². The Bertz CT molecular complexity index is 598. The van der Waals surface area contributed by atoms with Gasteiger partial charge in [-0.05, 0) is 27.2 Å². The quantitative estimate of drug-likeness (QED) is 0.117. The molecule has 0 aliphatic rings. The highest BCUT2D eigenvalue weighted by Gasteiger charge is 2.66. The molecule has 0 saturated carbocycles. The molecular formula is C13H26N2O13P2. The van der Waals surface area contributed by atoms with E-state index in [1.807, 2.05) is 10.6 Å². The highest BCUT2D eigenvalue weighted by atomic mass is 31.3. The average molecular weight is 480 g/mol. The van der Waals surface area contributed by atoms with Crippen molar-refractivity contribution in [1.29, 1.82) is 0 Å². The average Bonchev–Trinajstić information content (AvgIpc) is 2.51. The van der Waals surface area contributed by atoms with Crippen LogP contribution < -0.4 is 20.4 Å². The molecule has 17 heteroatoms. The first-order valence-electron chi connectivity index (χ1n) is 8.27. The summed E-state index contributed by atoms with van der Waals surface area (Å²) in [5.41, 5.74) is -0.895. The van der Waals surface area contributed by atoms with Crippen LogP contribution in [-0.2, 0) is 14.3 Å². The van der Waals surface area contributed by atoms with Crippen LogP contribution in [0.1, 0.15) is 33.6 Å². The van der Waals surface area contributed by atoms with Gasteiger partial charge in [0.05, 0.1) is 6.42 Å². The highest BCUT2D eigenvalue weighted by molar-refractivity contribution is 7.77. The molecule has 0 aromatic rings. The number of hydrogen-bond acceptors (Lipinski definition) is 12. The Morgan fingerprint density at radius 2 is 1.53 bits per heavy atom. The van der Waals surface area contributed by atoms with Gasteiger partial charge in [-0.15, -0.1) is 0 Å². The lowest BCUT2D eigenvalue weighted by molar-refractivity contribution is -0.244. The molecule has 0 aliphatic carbocycles. The summed E-state index contributed by atoms with van der Waals surface area (Å²) in [6.07, 6.45) is -3.78. The van der Waals surface area contributed by atoms with Crippen molar-refractivity contribution < 1.29 is 63.4 Å². The van der Waals surface area contributed by atoms with Gasteiger partial charge in [-0.1, -0.05) is 0 Å². The summed E-state index contributed by atoms with van der Waals surface area (Å²) in [6.45, 7) is 3.42. The van der Waals surface area contributed by atoms with Crippen LogP contribution in [0.15, 0.2) is 0 Å². The van der Waals surface area contributed by atoms with E-state index < -0.39 is 76.8 Å². The zero-order valence-electron chi connectivity index (χ0n) is 16.3. The second-order valence-electron chi connectivity index (χ2n) is 7.03. The van der Waals surface area contributed by atoms with Gasteiger partial charge in [-0.25, -0.2) is 34.0 Å². The summed E-state index contributed by atoms with van der Waals surface area (Å²) in [5.74, 6) is -1.53. The maximum absolute atomic E-state index is 11.6. The molecule has 0 saturated heterocycles. The lowest BCUT2D eigenvalue weighted by Gasteiger charge is -2.36. The minimum Gasteiger partial charge on any atom is -0.626 e. The highest BCUT2D eigenvalue weighted by Crippen LogP contribution is 2.73. The van der Waals surface area contributed by atoms with Gasteiger partial charge >= 0.3 is 39.1 Å². The summed E-state index contributed by atoms with van der Waals surface area (Å²) in [5, 5.41) is 19.1. The molecule has 0 aromatic heterocycles. The van der Waals surface area contributed by atoms with E-state index in [1.165, 1.54) is 0 Å². The molecule has 0 rings (SSSR count). The zero-order chi connectivity index (χ0) is 24.0. The normalized spacial score (nSPS) is 13.9. The fourth-order valence-corrected chi connectivity index (χ4v) is 4.07. The van der Waals surface area contributed by atoms with Crippen molar-refractivity contribution in [3.8, 4) is 0 Å². The molecule has 2 amide bonds. The van der Waals surface area contributed by atoms with Crippen molar-refractivity contribution in [3.63, 3.8) is 0 Å². The van der Waals surface area contributed by atoms with Gasteiger partial charge in [0.1, 0.15) is 12.2 Å². The number of alkyl carbamates (subject to hydrolysis) is 2. The number of amides is 2. The van der Waals surface area contributed by atoms with Crippen LogP contribution in [0.5, 0.6) is 0 Å². The number of carboxylic acids is 1. The van der Waals surface area contributed by atoms with Gasteiger partial charge in [0.2, 0.25) is 0 Å². The molecular weight excluding hydrogens is 454 g/mol. The van der Waals surface area contributed by atoms with E-state index in [0.29, 0.717) is 0 Å². The Morgan fingerprint density at radius 3 is 1.93 bits per heavy atom. The molecule has 176 valence electrons. The van der Waals surface area contributed by atoms with Crippen LogP contribution in [-0.4, -0.2) is 77.8 Å². The first-order chi connectivity index (χ1) is 13.3. The second-order valence-corrected chi connectivity index (χ2v) is 11.0. The van der Waals surface area contributed by atoms with Gasteiger partial charge in [0, 0.05) is 6.54 Å². The zero-order valence-corrected chi connectivity index (χ0v) is 18.1. The van der Waals surface area contributed by atoms with E-state index in [-0.39, 0.29) is 0 Å². The Kier molecular flexibility index (Phi) is 10.2. The number of nitrogens with one attached hydrogen (secondary N) is 2. The molecule has 0 aromatic carbocycles. The van der Waals surface area contributed by atoms with Crippen LogP contribution in [0.25, 0.3) is 0 Å².